The van der Waals surface area contributed by atoms with Crippen molar-refractivity contribution >= 4 is 61.7 Å². The fourth-order valence-corrected chi connectivity index (χ4v) is 9.52. The summed E-state index contributed by atoms with van der Waals surface area (Å²) < 4.78 is 4.61. The van der Waals surface area contributed by atoms with Crippen molar-refractivity contribution < 1.29 is 0 Å². The van der Waals surface area contributed by atoms with Crippen LogP contribution in [-0.2, 0) is 6.54 Å². The number of hydrogen-bond donors (Lipinski definition) is 2. The van der Waals surface area contributed by atoms with Crippen LogP contribution in [0.4, 0.5) is 0 Å². The Morgan fingerprint density at radius 3 is 1.55 bits per heavy atom. The largest absolute Gasteiger partial charge is 0.383 e. The van der Waals surface area contributed by atoms with Crippen LogP contribution in [0.3, 0.4) is 0 Å². The van der Waals surface area contributed by atoms with E-state index in [1.807, 2.05) is 98.8 Å². The number of benzene rings is 9. The molecule has 0 aliphatic carbocycles. The fraction of sp³-hybridized carbons (Fsp3) is 0.0588. The number of aromatic nitrogens is 2. The Kier molecular flexibility index (Phi) is 16.3. The maximum atomic E-state index is 9.35. The minimum absolute atomic E-state index is 0.335. The molecule has 0 fully saturated rings. The Labute approximate surface area is 439 Å². The first-order valence-corrected chi connectivity index (χ1v) is 24.8. The molecule has 11 rings (SSSR count). The number of para-hydroxylation sites is 4. The summed E-state index contributed by atoms with van der Waals surface area (Å²) in [5, 5.41) is 28.9. The number of nitrogens with zero attached hydrogens (tertiary/aromatic N) is 5. The highest BCUT2D eigenvalue weighted by atomic mass is 15.0. The number of allylic oxidation sites excluding steroid dienone is 4. The van der Waals surface area contributed by atoms with Gasteiger partial charge in [-0.15, -0.1) is 0 Å². The molecule has 0 atom stereocenters. The van der Waals surface area contributed by atoms with Crippen molar-refractivity contribution in [3.05, 3.63) is 271 Å². The second-order valence-corrected chi connectivity index (χ2v) is 17.4. The molecule has 0 saturated carbocycles. The Hall–Kier alpha value is -10.1. The van der Waals surface area contributed by atoms with Crippen molar-refractivity contribution in [2.24, 2.45) is 10.7 Å². The number of aryl methyl sites for hydroxylation is 1. The minimum atomic E-state index is 0.335. The van der Waals surface area contributed by atoms with Crippen molar-refractivity contribution in [3.63, 3.8) is 0 Å². The third-order valence-electron chi connectivity index (χ3n) is 13.0. The predicted octanol–water partition coefficient (Wildman–Crippen LogP) is 16.9. The maximum absolute atomic E-state index is 9.35. The summed E-state index contributed by atoms with van der Waals surface area (Å²) >= 11 is 0. The average molecular weight is 972 g/mol. The van der Waals surface area contributed by atoms with Crippen LogP contribution in [0, 0.1) is 35.0 Å². The lowest BCUT2D eigenvalue weighted by molar-refractivity contribution is 1.06. The molecule has 11 aromatic rings. The monoisotopic (exact) mass is 971 g/mol. The van der Waals surface area contributed by atoms with E-state index in [-0.39, 0.29) is 0 Å². The van der Waals surface area contributed by atoms with Gasteiger partial charge in [0.05, 0.1) is 52.0 Å². The first-order valence-electron chi connectivity index (χ1n) is 24.8. The van der Waals surface area contributed by atoms with E-state index in [1.165, 1.54) is 44.2 Å². The fourth-order valence-electron chi connectivity index (χ4n) is 9.52. The van der Waals surface area contributed by atoms with Crippen molar-refractivity contribution in [2.45, 2.75) is 27.3 Å². The molecule has 75 heavy (non-hydrogen) atoms. The van der Waals surface area contributed by atoms with Crippen molar-refractivity contribution in [3.8, 4) is 45.8 Å². The maximum Gasteiger partial charge on any atom is 0.128 e. The number of fused-ring (bicyclic) bond motifs is 6. The second-order valence-electron chi connectivity index (χ2n) is 17.4. The van der Waals surface area contributed by atoms with E-state index in [0.717, 1.165) is 60.9 Å². The second kappa shape index (κ2) is 23.9. The van der Waals surface area contributed by atoms with Crippen molar-refractivity contribution in [1.29, 1.82) is 15.9 Å². The highest BCUT2D eigenvalue weighted by molar-refractivity contribution is 6.11. The quantitative estimate of drug-likeness (QED) is 0.0615. The molecule has 0 bridgehead atoms. The highest BCUT2D eigenvalue weighted by Gasteiger charge is 2.18. The van der Waals surface area contributed by atoms with Gasteiger partial charge >= 0.3 is 0 Å². The molecule has 0 saturated heterocycles. The Balaban J connectivity index is 0.000000210. The van der Waals surface area contributed by atoms with Crippen molar-refractivity contribution in [1.82, 2.24) is 9.13 Å². The lowest BCUT2D eigenvalue weighted by atomic mass is 9.99. The third-order valence-corrected chi connectivity index (χ3v) is 13.0. The molecule has 364 valence electrons. The van der Waals surface area contributed by atoms with Crippen LogP contribution >= 0.6 is 0 Å². The zero-order valence-electron chi connectivity index (χ0n) is 42.5. The average Bonchev–Trinajstić information content (AvgIpc) is 4.01. The van der Waals surface area contributed by atoms with E-state index in [4.69, 9.17) is 21.4 Å². The van der Waals surface area contributed by atoms with E-state index in [9.17, 15) is 5.26 Å². The smallest absolute Gasteiger partial charge is 0.128 e. The lowest BCUT2D eigenvalue weighted by Crippen LogP contribution is -2.17. The molecule has 2 aromatic heterocycles. The molecule has 7 heteroatoms. The van der Waals surface area contributed by atoms with Gasteiger partial charge in [0.15, 0.2) is 0 Å². The first-order chi connectivity index (χ1) is 36.8. The highest BCUT2D eigenvalue weighted by Crippen LogP contribution is 2.36. The van der Waals surface area contributed by atoms with Crippen LogP contribution in [0.5, 0.6) is 0 Å². The van der Waals surface area contributed by atoms with E-state index in [2.05, 4.69) is 175 Å². The van der Waals surface area contributed by atoms with Gasteiger partial charge in [0.2, 0.25) is 0 Å². The lowest BCUT2D eigenvalue weighted by Gasteiger charge is -2.16. The normalized spacial score (nSPS) is 11.1. The van der Waals surface area contributed by atoms with Crippen LogP contribution in [0.1, 0.15) is 41.7 Å². The summed E-state index contributed by atoms with van der Waals surface area (Å²) in [6.45, 7) is 16.9. The molecule has 0 aliphatic rings. The number of aliphatic imine (C=N–C) groups is 1. The van der Waals surface area contributed by atoms with Gasteiger partial charge in [0.1, 0.15) is 5.84 Å². The van der Waals surface area contributed by atoms with Gasteiger partial charge in [-0.25, -0.2) is 0 Å². The number of hydrogen-bond acceptors (Lipinski definition) is 4. The van der Waals surface area contributed by atoms with Crippen LogP contribution in [0.25, 0.3) is 82.8 Å². The molecular weight excluding hydrogens is 915 g/mol. The topological polar surface area (TPSA) is 120 Å². The van der Waals surface area contributed by atoms with E-state index < -0.39 is 0 Å². The summed E-state index contributed by atoms with van der Waals surface area (Å²) in [5.41, 5.74) is 23.8. The van der Waals surface area contributed by atoms with Gasteiger partial charge in [-0.3, -0.25) is 4.99 Å². The zero-order valence-corrected chi connectivity index (χ0v) is 42.5. The molecule has 7 nitrogen and oxygen atoms in total. The molecule has 0 unspecified atom stereocenters. The Morgan fingerprint density at radius 1 is 0.560 bits per heavy atom. The summed E-state index contributed by atoms with van der Waals surface area (Å²) in [6, 6.07) is 77.3. The van der Waals surface area contributed by atoms with Gasteiger partial charge < -0.3 is 20.3 Å². The standard InChI is InChI=1S/C40H29N5.C25H19N.C2H6.CH3N/c1-3-30(21-27(2)24-41)33-19-20-39(45-37-13-6-4-11-34(37)35-12-5-7-14-38(35)45)36(23-33)40(43)44-26-29-9-8-10-32(22-29)31-17-15-28(25-42)16-18-31;1-18-17-20(19-9-3-2-4-10-19)15-16-23(18)26-24-13-7-5-11-21(24)22-12-6-8-14-25(22)26;2*1-2/h3-23H,1-2,26H2,(H2,43,44);2-17H,1H3;1-2H3;2H,1H2/b30-21+;;;. The van der Waals surface area contributed by atoms with E-state index in [1.54, 1.807) is 12.2 Å². The Bertz CT molecular complexity index is 3900. The number of nitriles is 2. The van der Waals surface area contributed by atoms with Crippen LogP contribution < -0.4 is 5.73 Å². The van der Waals surface area contributed by atoms with E-state index in [0.29, 0.717) is 23.5 Å². The van der Waals surface area contributed by atoms with Gasteiger partial charge in [0, 0.05) is 38.4 Å². The van der Waals surface area contributed by atoms with Gasteiger partial charge in [-0.2, -0.15) is 10.5 Å². The minimum Gasteiger partial charge on any atom is -0.383 e. The van der Waals surface area contributed by atoms with Gasteiger partial charge in [-0.05, 0) is 131 Å². The first kappa shape index (κ1) is 51.3. The number of amidine groups is 1. The Morgan fingerprint density at radius 2 is 1.03 bits per heavy atom. The zero-order chi connectivity index (χ0) is 52.8. The molecule has 0 radical (unpaired) electrons. The number of rotatable bonds is 10. The van der Waals surface area contributed by atoms with Crippen molar-refractivity contribution in [2.75, 3.05) is 0 Å². The molecule has 0 aliphatic heterocycles. The SMILES string of the molecule is C=C/C(=C\C(=C)C#N)c1ccc(-n2c3ccccc3c3ccccc32)c(C(N)=NCc2cccc(-c3ccc(C#N)cc3)c2)c1.C=N.CC.Cc1cc(-c2ccccc2)ccc1-n1c2ccccc2c2ccccc21. The predicted molar refractivity (Wildman–Crippen MR) is 317 cm³/mol. The summed E-state index contributed by atoms with van der Waals surface area (Å²) in [5.74, 6) is 0.389. The molecule has 0 amide bonds. The summed E-state index contributed by atoms with van der Waals surface area (Å²) in [7, 11) is 0. The van der Waals surface area contributed by atoms with Gasteiger partial charge in [0.25, 0.3) is 0 Å². The molecule has 0 spiro atoms. The molecule has 2 heterocycles. The summed E-state index contributed by atoms with van der Waals surface area (Å²) in [4.78, 5) is 4.88. The van der Waals surface area contributed by atoms with Crippen LogP contribution in [-0.4, -0.2) is 21.7 Å². The third kappa shape index (κ3) is 10.8. The number of nitrogens with two attached hydrogens (primary N) is 1. The molecule has 3 N–H and O–H groups in total. The van der Waals surface area contributed by atoms with Gasteiger partial charge in [-0.1, -0.05) is 179 Å². The number of nitrogens with one attached hydrogen (secondary N) is 1. The van der Waals surface area contributed by atoms with Crippen LogP contribution in [0.2, 0.25) is 0 Å². The van der Waals surface area contributed by atoms with Crippen LogP contribution in [0.15, 0.2) is 248 Å². The summed E-state index contributed by atoms with van der Waals surface area (Å²) in [6.07, 6.45) is 3.43. The molecular formula is C68H57N7. The molecule has 9 aromatic carbocycles. The van der Waals surface area contributed by atoms with E-state index >= 15 is 0 Å².